The van der Waals surface area contributed by atoms with E-state index in [1.165, 1.54) is 18.4 Å². The Morgan fingerprint density at radius 3 is 1.69 bits per heavy atom. The van der Waals surface area contributed by atoms with Crippen LogP contribution in [0.2, 0.25) is 0 Å². The van der Waals surface area contributed by atoms with Crippen LogP contribution >= 0.6 is 0 Å². The maximum Gasteiger partial charge on any atom is 0.410 e. The molecule has 6 rings (SSSR count). The lowest BCUT2D eigenvalue weighted by Crippen LogP contribution is -2.39. The number of phenols is 1. The van der Waals surface area contributed by atoms with E-state index in [9.17, 15) is 14.7 Å². The number of rotatable bonds is 4. The molecule has 2 aromatic carbocycles. The number of aliphatic hydroxyl groups excluding tert-OH is 1. The molecule has 0 fully saturated rings. The van der Waals surface area contributed by atoms with Crippen LogP contribution in [0.15, 0.2) is 58.0 Å². The van der Waals surface area contributed by atoms with Crippen molar-refractivity contribution >= 4 is 12.2 Å². The van der Waals surface area contributed by atoms with Crippen LogP contribution in [-0.2, 0) is 48.6 Å². The van der Waals surface area contributed by atoms with Crippen LogP contribution < -0.4 is 4.74 Å². The average Bonchev–Trinajstić information content (AvgIpc) is 3.68. The number of carbonyl (C=O) groups is 2. The van der Waals surface area contributed by atoms with Gasteiger partial charge in [-0.15, -0.1) is 0 Å². The first kappa shape index (κ1) is 38.8. The highest BCUT2D eigenvalue weighted by atomic mass is 16.6. The summed E-state index contributed by atoms with van der Waals surface area (Å²) in [5, 5.41) is 17.9. The first-order valence-electron chi connectivity index (χ1n) is 16.9. The van der Waals surface area contributed by atoms with Gasteiger partial charge in [0.2, 0.25) is 0 Å². The smallest absolute Gasteiger partial charge is 0.410 e. The molecule has 51 heavy (non-hydrogen) atoms. The van der Waals surface area contributed by atoms with E-state index in [4.69, 9.17) is 28.2 Å². The number of hydrogen-bond donors (Lipinski definition) is 2. The molecule has 13 heteroatoms. The van der Waals surface area contributed by atoms with E-state index in [2.05, 4.69) is 9.97 Å². The number of hydrogen-bond acceptors (Lipinski definition) is 11. The molecule has 0 atom stereocenters. The molecule has 2 aliphatic rings. The monoisotopic (exact) mass is 706 g/mol. The number of ether oxygens (including phenoxy) is 3. The molecule has 276 valence electrons. The van der Waals surface area contributed by atoms with E-state index in [0.717, 1.165) is 52.4 Å². The van der Waals surface area contributed by atoms with Crippen molar-refractivity contribution in [1.29, 1.82) is 0 Å². The van der Waals surface area contributed by atoms with E-state index in [1.807, 2.05) is 72.7 Å². The third kappa shape index (κ3) is 11.8. The van der Waals surface area contributed by atoms with Crippen LogP contribution in [0.3, 0.4) is 0 Å². The van der Waals surface area contributed by atoms with Gasteiger partial charge in [-0.2, -0.15) is 0 Å². The van der Waals surface area contributed by atoms with Gasteiger partial charge in [0.25, 0.3) is 0 Å². The number of carbonyl (C=O) groups excluding carboxylic acids is 2. The van der Waals surface area contributed by atoms with Crippen molar-refractivity contribution in [2.75, 3.05) is 13.1 Å². The standard InChI is InChI=1S/C19H24N2O4.C14H19NO3.C5H7NO2/c1-13-17(24-12-20-13)11-23-16-6-5-15-10-21(8-7-14(15)9-16)18(22)25-19(2,3)4;1-14(2,3)18-13(17)15-7-6-10-8-12(16)5-4-11(10)9-15;1-4-5(2-7)8-3-6-4/h5-6,9,12H,7-8,10-11H2,1-4H3;4-5,8,16H,6-7,9H2,1-3H3;3,7H,2H2,1H3. The number of aromatic hydroxyl groups is 1. The number of aryl methyl sites for hydroxylation is 2. The number of benzene rings is 2. The molecule has 0 spiro atoms. The fourth-order valence-corrected chi connectivity index (χ4v) is 5.21. The van der Waals surface area contributed by atoms with Gasteiger partial charge in [0, 0.05) is 26.2 Å². The third-order valence-corrected chi connectivity index (χ3v) is 7.90. The van der Waals surface area contributed by atoms with Gasteiger partial charge < -0.3 is 43.1 Å². The summed E-state index contributed by atoms with van der Waals surface area (Å²) < 4.78 is 26.6. The van der Waals surface area contributed by atoms with Gasteiger partial charge in [-0.25, -0.2) is 19.6 Å². The van der Waals surface area contributed by atoms with E-state index >= 15 is 0 Å². The minimum absolute atomic E-state index is 0.0637. The summed E-state index contributed by atoms with van der Waals surface area (Å²) in [7, 11) is 0. The Balaban J connectivity index is 0.000000194. The number of nitrogens with zero attached hydrogens (tertiary/aromatic N) is 4. The van der Waals surface area contributed by atoms with Gasteiger partial charge in [0.15, 0.2) is 24.3 Å². The Labute approximate surface area is 299 Å². The van der Waals surface area contributed by atoms with Gasteiger partial charge in [0.1, 0.15) is 35.9 Å². The number of fused-ring (bicyclic) bond motifs is 2. The molecule has 13 nitrogen and oxygen atoms in total. The fourth-order valence-electron chi connectivity index (χ4n) is 5.21. The Morgan fingerprint density at radius 2 is 1.24 bits per heavy atom. The highest BCUT2D eigenvalue weighted by molar-refractivity contribution is 5.69. The summed E-state index contributed by atoms with van der Waals surface area (Å²) in [4.78, 5) is 35.4. The van der Waals surface area contributed by atoms with E-state index in [1.54, 1.807) is 28.9 Å². The van der Waals surface area contributed by atoms with E-state index in [0.29, 0.717) is 38.5 Å². The molecule has 4 aromatic rings. The van der Waals surface area contributed by atoms with Crippen molar-refractivity contribution in [2.24, 2.45) is 0 Å². The lowest BCUT2D eigenvalue weighted by Gasteiger charge is -2.31. The van der Waals surface area contributed by atoms with Crippen molar-refractivity contribution in [3.63, 3.8) is 0 Å². The minimum Gasteiger partial charge on any atom is -0.508 e. The molecule has 0 bridgehead atoms. The molecule has 0 radical (unpaired) electrons. The van der Waals surface area contributed by atoms with Gasteiger partial charge in [-0.1, -0.05) is 12.1 Å². The Kier molecular flexibility index (Phi) is 12.8. The minimum atomic E-state index is -0.478. The predicted octanol–water partition coefficient (Wildman–Crippen LogP) is 7.02. The van der Waals surface area contributed by atoms with Gasteiger partial charge in [0.05, 0.1) is 11.4 Å². The molecule has 2 aliphatic heterocycles. The number of phenolic OH excluding ortho intramolecular Hbond substituents is 1. The molecule has 2 aromatic heterocycles. The number of aliphatic hydroxyl groups is 1. The Bertz CT molecular complexity index is 1770. The maximum absolute atomic E-state index is 12.2. The molecule has 0 aliphatic carbocycles. The van der Waals surface area contributed by atoms with Gasteiger partial charge in [-0.3, -0.25) is 0 Å². The van der Waals surface area contributed by atoms with Crippen LogP contribution in [0, 0.1) is 13.8 Å². The molecule has 2 N–H and O–H groups in total. The topological polar surface area (TPSA) is 161 Å². The highest BCUT2D eigenvalue weighted by Crippen LogP contribution is 2.27. The Hall–Kier alpha value is -5.04. The summed E-state index contributed by atoms with van der Waals surface area (Å²) >= 11 is 0. The van der Waals surface area contributed by atoms with Crippen LogP contribution in [0.25, 0.3) is 0 Å². The number of oxazole rings is 2. The number of amides is 2. The lowest BCUT2D eigenvalue weighted by atomic mass is 10.00. The van der Waals surface area contributed by atoms with Crippen LogP contribution in [0.4, 0.5) is 9.59 Å². The van der Waals surface area contributed by atoms with Crippen molar-refractivity contribution in [3.05, 3.63) is 94.3 Å². The van der Waals surface area contributed by atoms with Crippen molar-refractivity contribution in [1.82, 2.24) is 19.8 Å². The molecular weight excluding hydrogens is 656 g/mol. The SMILES string of the molecule is CC(C)(C)OC(=O)N1CCc2cc(O)ccc2C1.Cc1ncoc1CO.Cc1ncoc1COc1ccc2c(c1)CCN(C(=O)OC(C)(C)C)C2. The second kappa shape index (κ2) is 16.8. The zero-order valence-electron chi connectivity index (χ0n) is 30.8. The van der Waals surface area contributed by atoms with Crippen LogP contribution in [0.5, 0.6) is 11.5 Å². The van der Waals surface area contributed by atoms with Gasteiger partial charge >= 0.3 is 12.2 Å². The molecule has 0 saturated carbocycles. The average molecular weight is 707 g/mol. The molecule has 2 amide bonds. The summed E-state index contributed by atoms with van der Waals surface area (Å²) in [6.45, 7) is 17.6. The fraction of sp³-hybridized carbons (Fsp3) is 0.474. The molecule has 0 unspecified atom stereocenters. The van der Waals surface area contributed by atoms with Crippen LogP contribution in [-0.4, -0.2) is 66.5 Å². The largest absolute Gasteiger partial charge is 0.508 e. The quantitative estimate of drug-likeness (QED) is 0.225. The zero-order chi connectivity index (χ0) is 37.3. The second-order valence-electron chi connectivity index (χ2n) is 14.4. The highest BCUT2D eigenvalue weighted by Gasteiger charge is 2.27. The maximum atomic E-state index is 12.2. The second-order valence-corrected chi connectivity index (χ2v) is 14.4. The predicted molar refractivity (Wildman–Crippen MR) is 188 cm³/mol. The van der Waals surface area contributed by atoms with Crippen molar-refractivity contribution < 1.29 is 42.8 Å². The molecule has 0 saturated heterocycles. The Morgan fingerprint density at radius 1 is 0.745 bits per heavy atom. The van der Waals surface area contributed by atoms with Crippen molar-refractivity contribution in [2.45, 2.75) is 106 Å². The first-order chi connectivity index (χ1) is 24.0. The molecule has 4 heterocycles. The molecular formula is C38H50N4O9. The summed E-state index contributed by atoms with van der Waals surface area (Å²) in [5.41, 5.74) is 5.16. The summed E-state index contributed by atoms with van der Waals surface area (Å²) in [6.07, 6.45) is 3.74. The van der Waals surface area contributed by atoms with E-state index < -0.39 is 11.2 Å². The lowest BCUT2D eigenvalue weighted by molar-refractivity contribution is 0.0213. The first-order valence-corrected chi connectivity index (χ1v) is 16.9. The normalized spacial score (nSPS) is 13.8. The van der Waals surface area contributed by atoms with E-state index in [-0.39, 0.29) is 24.5 Å². The van der Waals surface area contributed by atoms with Gasteiger partial charge in [-0.05, 0) is 115 Å². The third-order valence-electron chi connectivity index (χ3n) is 7.90. The zero-order valence-corrected chi connectivity index (χ0v) is 30.8. The summed E-state index contributed by atoms with van der Waals surface area (Å²) in [5.74, 6) is 2.35. The van der Waals surface area contributed by atoms with Crippen LogP contribution in [0.1, 0.15) is 86.7 Å². The summed E-state index contributed by atoms with van der Waals surface area (Å²) in [6, 6.07) is 11.2. The van der Waals surface area contributed by atoms with Crippen molar-refractivity contribution in [3.8, 4) is 11.5 Å². The number of aromatic nitrogens is 2.